The Labute approximate surface area is 193 Å². The van der Waals surface area contributed by atoms with E-state index in [1.165, 1.54) is 17.0 Å². The summed E-state index contributed by atoms with van der Waals surface area (Å²) in [7, 11) is 0. The van der Waals surface area contributed by atoms with E-state index in [0.29, 0.717) is 24.8 Å². The van der Waals surface area contributed by atoms with Gasteiger partial charge < -0.3 is 24.7 Å². The highest BCUT2D eigenvalue weighted by Gasteiger charge is 2.77. The number of ether oxygens (including phenoxy) is 2. The van der Waals surface area contributed by atoms with Crippen molar-refractivity contribution in [1.82, 2.24) is 4.98 Å². The van der Waals surface area contributed by atoms with Crippen LogP contribution >= 0.6 is 0 Å². The lowest BCUT2D eigenvalue weighted by Gasteiger charge is -2.66. The SMILES string of the molecule is CC1(C)O[C@@]23CC[C@]4(C)[C@@]5(C)c6[nH]c7ccccc7c6C[C@@H]5C[C@H](O)[C@@]4(O)C2=CC(=O)[C@@H]1O3. The summed E-state index contributed by atoms with van der Waals surface area (Å²) in [5.74, 6) is -1.17. The number of benzene rings is 1. The molecule has 0 amide bonds. The minimum Gasteiger partial charge on any atom is -0.390 e. The molecule has 1 saturated heterocycles. The van der Waals surface area contributed by atoms with Gasteiger partial charge in [0, 0.05) is 39.4 Å². The highest BCUT2D eigenvalue weighted by Crippen LogP contribution is 2.71. The second-order valence-electron chi connectivity index (χ2n) is 11.9. The Bertz CT molecular complexity index is 1280. The largest absolute Gasteiger partial charge is 0.390 e. The van der Waals surface area contributed by atoms with Gasteiger partial charge in [0.15, 0.2) is 17.7 Å². The number of rotatable bonds is 0. The summed E-state index contributed by atoms with van der Waals surface area (Å²) in [5.41, 5.74) is 0.397. The topological polar surface area (TPSA) is 91.8 Å². The van der Waals surface area contributed by atoms with E-state index in [1.54, 1.807) is 0 Å². The number of ketones is 1. The van der Waals surface area contributed by atoms with E-state index in [1.807, 2.05) is 19.9 Å². The first kappa shape index (κ1) is 20.4. The average Bonchev–Trinajstić information content (AvgIpc) is 3.34. The van der Waals surface area contributed by atoms with Crippen LogP contribution < -0.4 is 0 Å². The highest BCUT2D eigenvalue weighted by molar-refractivity contribution is 5.97. The maximum atomic E-state index is 13.1. The van der Waals surface area contributed by atoms with Crippen LogP contribution in [0.5, 0.6) is 0 Å². The van der Waals surface area contributed by atoms with Crippen molar-refractivity contribution >= 4 is 16.7 Å². The molecule has 3 heterocycles. The first-order valence-electron chi connectivity index (χ1n) is 12.1. The van der Waals surface area contributed by atoms with Crippen LogP contribution in [0.25, 0.3) is 10.9 Å². The van der Waals surface area contributed by atoms with Crippen LogP contribution in [0.15, 0.2) is 35.9 Å². The molecular weight excluding hydrogens is 418 g/mol. The molecule has 2 aromatic rings. The molecule has 1 aromatic heterocycles. The van der Waals surface area contributed by atoms with Crippen LogP contribution in [-0.4, -0.2) is 50.2 Å². The molecule has 7 rings (SSSR count). The van der Waals surface area contributed by atoms with Gasteiger partial charge in [0.1, 0.15) is 11.2 Å². The molecular formula is C27H31NO5. The number of fused-ring (bicyclic) bond motifs is 9. The first-order valence-corrected chi connectivity index (χ1v) is 12.1. The van der Waals surface area contributed by atoms with E-state index >= 15 is 0 Å². The number of H-pyrrole nitrogens is 1. The van der Waals surface area contributed by atoms with Crippen molar-refractivity contribution in [1.29, 1.82) is 0 Å². The van der Waals surface area contributed by atoms with E-state index in [0.717, 1.165) is 17.6 Å². The molecule has 0 radical (unpaired) electrons. The molecule has 3 N–H and O–H groups in total. The maximum absolute atomic E-state index is 13.1. The Kier molecular flexibility index (Phi) is 3.48. The molecule has 5 aliphatic rings. The second kappa shape index (κ2) is 5.62. The average molecular weight is 450 g/mol. The van der Waals surface area contributed by atoms with E-state index < -0.39 is 40.0 Å². The normalized spacial score (nSPS) is 47.0. The van der Waals surface area contributed by atoms with Gasteiger partial charge in [-0.15, -0.1) is 0 Å². The van der Waals surface area contributed by atoms with Gasteiger partial charge in [-0.05, 0) is 56.7 Å². The van der Waals surface area contributed by atoms with Crippen LogP contribution in [0, 0.1) is 11.3 Å². The third kappa shape index (κ3) is 1.98. The van der Waals surface area contributed by atoms with Crippen LogP contribution in [0.3, 0.4) is 0 Å². The number of carbonyl (C=O) groups excluding carboxylic acids is 1. The number of para-hydroxylation sites is 1. The quantitative estimate of drug-likeness (QED) is 0.574. The molecule has 33 heavy (non-hydrogen) atoms. The molecule has 7 atom stereocenters. The number of aliphatic hydroxyl groups is 2. The van der Waals surface area contributed by atoms with Gasteiger partial charge in [-0.1, -0.05) is 32.0 Å². The van der Waals surface area contributed by atoms with Crippen molar-refractivity contribution in [3.8, 4) is 0 Å². The van der Waals surface area contributed by atoms with Gasteiger partial charge in [0.05, 0.1) is 6.10 Å². The van der Waals surface area contributed by atoms with Crippen molar-refractivity contribution in [3.05, 3.63) is 47.2 Å². The van der Waals surface area contributed by atoms with Gasteiger partial charge in [0.2, 0.25) is 0 Å². The summed E-state index contributed by atoms with van der Waals surface area (Å²) < 4.78 is 12.7. The standard InChI is InChI=1S/C27H31NO5/c1-23(2)22-18(29)13-19-26(32-22,33-23)10-9-24(3)25(4)14(12-20(30)27(19,24)31)11-16-15-7-5-6-8-17(15)28-21(16)25/h5-8,13-14,20,22,28,30-31H,9-12H2,1-4H3/t14-,20+,22+,24-,25-,26+,27+/m1/s1. The highest BCUT2D eigenvalue weighted by atomic mass is 16.8. The number of aromatic amines is 1. The second-order valence-corrected chi connectivity index (χ2v) is 11.9. The molecule has 3 fully saturated rings. The van der Waals surface area contributed by atoms with Crippen LogP contribution in [0.4, 0.5) is 0 Å². The van der Waals surface area contributed by atoms with E-state index in [2.05, 4.69) is 37.0 Å². The van der Waals surface area contributed by atoms with Crippen molar-refractivity contribution in [3.63, 3.8) is 0 Å². The van der Waals surface area contributed by atoms with E-state index in [-0.39, 0.29) is 11.7 Å². The fourth-order valence-electron chi connectivity index (χ4n) is 8.43. The molecule has 0 unspecified atom stereocenters. The lowest BCUT2D eigenvalue weighted by molar-refractivity contribution is -0.274. The maximum Gasteiger partial charge on any atom is 0.195 e. The third-order valence-corrected chi connectivity index (χ3v) is 10.3. The monoisotopic (exact) mass is 449 g/mol. The van der Waals surface area contributed by atoms with E-state index in [4.69, 9.17) is 9.47 Å². The Morgan fingerprint density at radius 2 is 1.88 bits per heavy atom. The fourth-order valence-corrected chi connectivity index (χ4v) is 8.43. The van der Waals surface area contributed by atoms with Gasteiger partial charge >= 0.3 is 0 Å². The number of aromatic nitrogens is 1. The zero-order chi connectivity index (χ0) is 23.2. The minimum absolute atomic E-state index is 0.187. The van der Waals surface area contributed by atoms with Crippen molar-refractivity contribution in [2.75, 3.05) is 0 Å². The zero-order valence-corrected chi connectivity index (χ0v) is 19.6. The van der Waals surface area contributed by atoms with Crippen molar-refractivity contribution < 1.29 is 24.5 Å². The summed E-state index contributed by atoms with van der Waals surface area (Å²) in [4.78, 5) is 16.8. The minimum atomic E-state index is -1.64. The van der Waals surface area contributed by atoms with Crippen molar-refractivity contribution in [2.24, 2.45) is 11.3 Å². The van der Waals surface area contributed by atoms with Gasteiger partial charge in [-0.2, -0.15) is 0 Å². The van der Waals surface area contributed by atoms with Gasteiger partial charge in [-0.25, -0.2) is 0 Å². The number of aliphatic hydroxyl groups excluding tert-OH is 1. The Morgan fingerprint density at radius 3 is 2.67 bits per heavy atom. The van der Waals surface area contributed by atoms with E-state index in [9.17, 15) is 15.0 Å². The van der Waals surface area contributed by atoms with Gasteiger partial charge in [0.25, 0.3) is 0 Å². The lowest BCUT2D eigenvalue weighted by atomic mass is 9.41. The molecule has 2 saturated carbocycles. The summed E-state index contributed by atoms with van der Waals surface area (Å²) in [6.07, 6.45) is 2.29. The molecule has 174 valence electrons. The zero-order valence-electron chi connectivity index (χ0n) is 19.6. The van der Waals surface area contributed by atoms with Crippen LogP contribution in [0.2, 0.25) is 0 Å². The molecule has 2 aliphatic heterocycles. The summed E-state index contributed by atoms with van der Waals surface area (Å²) in [6, 6.07) is 8.34. The third-order valence-electron chi connectivity index (χ3n) is 10.3. The van der Waals surface area contributed by atoms with Crippen molar-refractivity contribution in [2.45, 2.75) is 88.0 Å². The Balaban J connectivity index is 1.46. The summed E-state index contributed by atoms with van der Waals surface area (Å²) in [5, 5.41) is 25.4. The molecule has 6 heteroatoms. The Hall–Kier alpha value is -1.99. The number of nitrogens with one attached hydrogen (secondary N) is 1. The number of hydrogen-bond acceptors (Lipinski definition) is 5. The number of hydrogen-bond donors (Lipinski definition) is 3. The lowest BCUT2D eigenvalue weighted by Crippen LogP contribution is -2.74. The Morgan fingerprint density at radius 1 is 1.12 bits per heavy atom. The molecule has 1 aromatic carbocycles. The predicted octanol–water partition coefficient (Wildman–Crippen LogP) is 3.29. The smallest absolute Gasteiger partial charge is 0.195 e. The summed E-state index contributed by atoms with van der Waals surface area (Å²) >= 11 is 0. The molecule has 1 spiro atoms. The van der Waals surface area contributed by atoms with Crippen LogP contribution in [0.1, 0.15) is 58.2 Å². The predicted molar refractivity (Wildman–Crippen MR) is 122 cm³/mol. The number of carbonyl (C=O) groups is 1. The fraction of sp³-hybridized carbons (Fsp3) is 0.593. The first-order chi connectivity index (χ1) is 15.5. The molecule has 2 bridgehead atoms. The van der Waals surface area contributed by atoms with Crippen LogP contribution in [-0.2, 0) is 26.1 Å². The summed E-state index contributed by atoms with van der Waals surface area (Å²) in [6.45, 7) is 8.05. The van der Waals surface area contributed by atoms with Gasteiger partial charge in [-0.3, -0.25) is 4.79 Å². The molecule has 6 nitrogen and oxygen atoms in total. The molecule has 3 aliphatic carbocycles.